The smallest absolute Gasteiger partial charge is 0.192 e. The summed E-state index contributed by atoms with van der Waals surface area (Å²) < 4.78 is 5.61. The van der Waals surface area contributed by atoms with Gasteiger partial charge in [-0.1, -0.05) is 6.07 Å². The van der Waals surface area contributed by atoms with Crippen LogP contribution in [0.2, 0.25) is 0 Å². The molecule has 0 radical (unpaired) electrons. The Hall–Kier alpha value is -2.32. The van der Waals surface area contributed by atoms with Crippen LogP contribution in [0, 0.1) is 22.2 Å². The first-order valence-corrected chi connectivity index (χ1v) is 8.39. The van der Waals surface area contributed by atoms with Crippen molar-refractivity contribution in [2.45, 2.75) is 37.7 Å². The molecule has 3 N–H and O–H groups in total. The standard InChI is InChI=1S/C19H22N4O/c1-23(18(21)22)17-15-8-13(24-2)5-6-19(15)9-12-4-3-11(10-20)7-14(12)16(17)19/h3-4,7,13,16H,5-6,8-9H2,1-2H3,(H3,21,22). The van der Waals surface area contributed by atoms with E-state index in [1.807, 2.05) is 24.1 Å². The second kappa shape index (κ2) is 5.09. The molecular weight excluding hydrogens is 300 g/mol. The molecule has 3 aliphatic carbocycles. The molecule has 0 saturated heterocycles. The number of rotatable bonds is 2. The van der Waals surface area contributed by atoms with Gasteiger partial charge in [-0.15, -0.1) is 0 Å². The Bertz CT molecular complexity index is 806. The van der Waals surface area contributed by atoms with Crippen LogP contribution in [0.3, 0.4) is 0 Å². The molecule has 1 spiro atoms. The Labute approximate surface area is 142 Å². The van der Waals surface area contributed by atoms with E-state index in [9.17, 15) is 5.26 Å². The van der Waals surface area contributed by atoms with Crippen LogP contribution in [-0.2, 0) is 11.2 Å². The van der Waals surface area contributed by atoms with E-state index >= 15 is 0 Å². The largest absolute Gasteiger partial charge is 0.381 e. The number of methoxy groups -OCH3 is 1. The summed E-state index contributed by atoms with van der Waals surface area (Å²) in [4.78, 5) is 1.81. The highest BCUT2D eigenvalue weighted by Crippen LogP contribution is 2.69. The molecule has 1 aromatic rings. The molecule has 1 saturated carbocycles. The first-order valence-electron chi connectivity index (χ1n) is 8.39. The molecule has 0 aromatic heterocycles. The fourth-order valence-corrected chi connectivity index (χ4v) is 5.04. The third kappa shape index (κ3) is 1.81. The lowest BCUT2D eigenvalue weighted by Crippen LogP contribution is -2.51. The van der Waals surface area contributed by atoms with Crippen molar-refractivity contribution in [2.24, 2.45) is 11.1 Å². The number of guanidine groups is 1. The number of allylic oxidation sites excluding steroid dienone is 1. The van der Waals surface area contributed by atoms with Gasteiger partial charge in [0.2, 0.25) is 0 Å². The first kappa shape index (κ1) is 15.2. The summed E-state index contributed by atoms with van der Waals surface area (Å²) in [6.07, 6.45) is 4.35. The molecule has 0 heterocycles. The number of benzene rings is 1. The average Bonchev–Trinajstić information content (AvgIpc) is 2.82. The molecule has 124 valence electrons. The molecule has 3 atom stereocenters. The number of fused-ring (bicyclic) bond motifs is 2. The molecule has 0 bridgehead atoms. The van der Waals surface area contributed by atoms with Gasteiger partial charge in [0.1, 0.15) is 0 Å². The van der Waals surface area contributed by atoms with E-state index in [0.29, 0.717) is 5.56 Å². The molecule has 3 unspecified atom stereocenters. The topological polar surface area (TPSA) is 86.1 Å². The predicted octanol–water partition coefficient (Wildman–Crippen LogP) is 2.48. The Morgan fingerprint density at radius 1 is 1.50 bits per heavy atom. The number of nitriles is 1. The van der Waals surface area contributed by atoms with Gasteiger partial charge in [0.25, 0.3) is 0 Å². The maximum absolute atomic E-state index is 9.26. The molecule has 0 aliphatic heterocycles. The maximum Gasteiger partial charge on any atom is 0.192 e. The van der Waals surface area contributed by atoms with E-state index in [4.69, 9.17) is 15.9 Å². The Morgan fingerprint density at radius 3 is 2.96 bits per heavy atom. The van der Waals surface area contributed by atoms with E-state index < -0.39 is 0 Å². The zero-order valence-corrected chi connectivity index (χ0v) is 14.1. The summed E-state index contributed by atoms with van der Waals surface area (Å²) in [7, 11) is 3.65. The summed E-state index contributed by atoms with van der Waals surface area (Å²) >= 11 is 0. The molecule has 5 heteroatoms. The minimum absolute atomic E-state index is 0.0653. The van der Waals surface area contributed by atoms with Crippen molar-refractivity contribution in [2.75, 3.05) is 14.2 Å². The van der Waals surface area contributed by atoms with Gasteiger partial charge in [0.05, 0.1) is 17.7 Å². The number of ether oxygens (including phenoxy) is 1. The summed E-state index contributed by atoms with van der Waals surface area (Å²) in [6, 6.07) is 8.30. The normalized spacial score (nSPS) is 29.9. The van der Waals surface area contributed by atoms with Crippen LogP contribution >= 0.6 is 0 Å². The Kier molecular flexibility index (Phi) is 3.23. The summed E-state index contributed by atoms with van der Waals surface area (Å²) in [5.41, 5.74) is 11.8. The minimum atomic E-state index is 0.0653. The maximum atomic E-state index is 9.26. The van der Waals surface area contributed by atoms with E-state index in [1.165, 1.54) is 16.7 Å². The van der Waals surface area contributed by atoms with Crippen LogP contribution in [-0.4, -0.2) is 31.1 Å². The zero-order valence-electron chi connectivity index (χ0n) is 14.1. The van der Waals surface area contributed by atoms with Gasteiger partial charge < -0.3 is 15.4 Å². The van der Waals surface area contributed by atoms with Crippen molar-refractivity contribution in [1.82, 2.24) is 4.90 Å². The van der Waals surface area contributed by atoms with Gasteiger partial charge in [0, 0.05) is 31.2 Å². The van der Waals surface area contributed by atoms with Crippen molar-refractivity contribution in [3.8, 4) is 6.07 Å². The molecule has 5 nitrogen and oxygen atoms in total. The molecule has 0 amide bonds. The highest BCUT2D eigenvalue weighted by Gasteiger charge is 2.61. The van der Waals surface area contributed by atoms with Crippen molar-refractivity contribution in [3.63, 3.8) is 0 Å². The van der Waals surface area contributed by atoms with Crippen LogP contribution in [0.15, 0.2) is 29.5 Å². The predicted molar refractivity (Wildman–Crippen MR) is 91.4 cm³/mol. The summed E-state index contributed by atoms with van der Waals surface area (Å²) in [5.74, 6) is 0.318. The number of nitrogens with zero attached hydrogens (tertiary/aromatic N) is 2. The lowest BCUT2D eigenvalue weighted by Gasteiger charge is -2.55. The monoisotopic (exact) mass is 322 g/mol. The lowest BCUT2D eigenvalue weighted by molar-refractivity contribution is 0.0388. The van der Waals surface area contributed by atoms with Gasteiger partial charge in [-0.25, -0.2) is 0 Å². The second-order valence-electron chi connectivity index (χ2n) is 7.20. The lowest BCUT2D eigenvalue weighted by atomic mass is 9.52. The van der Waals surface area contributed by atoms with Gasteiger partial charge >= 0.3 is 0 Å². The number of nitrogens with two attached hydrogens (primary N) is 1. The molecule has 3 aliphatic rings. The van der Waals surface area contributed by atoms with E-state index in [0.717, 1.165) is 31.4 Å². The van der Waals surface area contributed by atoms with E-state index in [-0.39, 0.29) is 23.4 Å². The minimum Gasteiger partial charge on any atom is -0.381 e. The second-order valence-corrected chi connectivity index (χ2v) is 7.20. The molecule has 4 rings (SSSR count). The van der Waals surface area contributed by atoms with Crippen molar-refractivity contribution < 1.29 is 4.74 Å². The number of hydrogen-bond donors (Lipinski definition) is 2. The summed E-state index contributed by atoms with van der Waals surface area (Å²) in [6.45, 7) is 0. The SMILES string of the molecule is COC1CCC23Cc4ccc(C#N)cc4C2C(N(C)C(=N)N)=C3C1. The Morgan fingerprint density at radius 2 is 2.29 bits per heavy atom. The van der Waals surface area contributed by atoms with Crippen molar-refractivity contribution >= 4 is 5.96 Å². The third-order valence-corrected chi connectivity index (χ3v) is 6.23. The number of likely N-dealkylation sites (N-methyl/N-ethyl adjacent to an activating group) is 1. The van der Waals surface area contributed by atoms with Crippen molar-refractivity contribution in [1.29, 1.82) is 10.7 Å². The van der Waals surface area contributed by atoms with Crippen molar-refractivity contribution in [3.05, 3.63) is 46.2 Å². The van der Waals surface area contributed by atoms with Gasteiger partial charge in [0.15, 0.2) is 5.96 Å². The van der Waals surface area contributed by atoms with Gasteiger partial charge in [-0.2, -0.15) is 5.26 Å². The van der Waals surface area contributed by atoms with Gasteiger partial charge in [-0.3, -0.25) is 5.41 Å². The summed E-state index contributed by atoms with van der Waals surface area (Å²) in [5, 5.41) is 17.1. The van der Waals surface area contributed by atoms with E-state index in [2.05, 4.69) is 12.1 Å². The van der Waals surface area contributed by atoms with E-state index in [1.54, 1.807) is 7.11 Å². The third-order valence-electron chi connectivity index (χ3n) is 6.23. The highest BCUT2D eigenvalue weighted by atomic mass is 16.5. The van der Waals surface area contributed by atoms with Crippen LogP contribution < -0.4 is 5.73 Å². The molecule has 1 fully saturated rings. The number of hydrogen-bond acceptors (Lipinski definition) is 3. The van der Waals surface area contributed by atoms with Crippen LogP contribution in [0.5, 0.6) is 0 Å². The Balaban J connectivity index is 1.84. The highest BCUT2D eigenvalue weighted by molar-refractivity contribution is 5.78. The number of nitrogens with one attached hydrogen (secondary N) is 1. The average molecular weight is 322 g/mol. The fraction of sp³-hybridized carbons (Fsp3) is 0.474. The van der Waals surface area contributed by atoms with Gasteiger partial charge in [-0.05, 0) is 54.5 Å². The fourth-order valence-electron chi connectivity index (χ4n) is 5.04. The quantitative estimate of drug-likeness (QED) is 0.647. The zero-order chi connectivity index (χ0) is 17.1. The first-order chi connectivity index (χ1) is 11.5. The van der Waals surface area contributed by atoms with Crippen LogP contribution in [0.1, 0.15) is 41.9 Å². The molecule has 1 aromatic carbocycles. The van der Waals surface area contributed by atoms with Crippen LogP contribution in [0.25, 0.3) is 0 Å². The molecule has 24 heavy (non-hydrogen) atoms. The molecular formula is C19H22N4O. The van der Waals surface area contributed by atoms with Crippen LogP contribution in [0.4, 0.5) is 0 Å².